The molecule has 8 nitrogen and oxygen atoms in total. The zero-order valence-corrected chi connectivity index (χ0v) is 15.8. The zero-order chi connectivity index (χ0) is 19.2. The number of rotatable bonds is 5. The molecule has 0 saturated carbocycles. The van der Waals surface area contributed by atoms with Crippen LogP contribution < -0.4 is 5.43 Å². The van der Waals surface area contributed by atoms with Gasteiger partial charge in [-0.1, -0.05) is 22.0 Å². The average molecular weight is 427 g/mol. The van der Waals surface area contributed by atoms with Gasteiger partial charge in [0.15, 0.2) is 5.69 Å². The lowest BCUT2D eigenvalue weighted by Crippen LogP contribution is -2.18. The molecule has 3 aromatic rings. The van der Waals surface area contributed by atoms with E-state index in [0.717, 1.165) is 10.2 Å². The van der Waals surface area contributed by atoms with Gasteiger partial charge in [-0.3, -0.25) is 9.89 Å². The van der Waals surface area contributed by atoms with Crippen LogP contribution in [0.25, 0.3) is 0 Å². The molecule has 0 unspecified atom stereocenters. The van der Waals surface area contributed by atoms with Crippen LogP contribution >= 0.6 is 15.9 Å². The van der Waals surface area contributed by atoms with Crippen molar-refractivity contribution in [1.82, 2.24) is 15.6 Å². The van der Waals surface area contributed by atoms with E-state index in [4.69, 9.17) is 0 Å². The summed E-state index contributed by atoms with van der Waals surface area (Å²) in [6, 6.07) is 13.7. The number of H-pyrrole nitrogens is 1. The highest BCUT2D eigenvalue weighted by Crippen LogP contribution is 2.25. The number of hydrogen-bond donors (Lipinski definition) is 3. The van der Waals surface area contributed by atoms with Crippen LogP contribution in [0.2, 0.25) is 0 Å². The number of carbonyl (C=O) groups excluding carboxylic acids is 1. The lowest BCUT2D eigenvalue weighted by molar-refractivity contribution is 0.0950. The molecule has 136 valence electrons. The first-order chi connectivity index (χ1) is 13.0. The molecule has 0 bridgehead atoms. The first-order valence-corrected chi connectivity index (χ1v) is 8.66. The molecule has 0 fully saturated rings. The van der Waals surface area contributed by atoms with E-state index in [1.807, 2.05) is 24.3 Å². The maximum atomic E-state index is 11.9. The summed E-state index contributed by atoms with van der Waals surface area (Å²) in [6.45, 7) is 1.79. The maximum Gasteiger partial charge on any atom is 0.291 e. The second-order valence-electron chi connectivity index (χ2n) is 5.56. The number of aromatic amines is 1. The quantitative estimate of drug-likeness (QED) is 0.319. The molecular formula is C18H15BrN6O2. The number of aromatic nitrogens is 2. The van der Waals surface area contributed by atoms with E-state index in [2.05, 4.69) is 46.9 Å². The van der Waals surface area contributed by atoms with Crippen LogP contribution in [0.5, 0.6) is 5.75 Å². The van der Waals surface area contributed by atoms with Crippen molar-refractivity contribution in [3.8, 4) is 5.75 Å². The molecule has 0 atom stereocenters. The van der Waals surface area contributed by atoms with Crippen molar-refractivity contribution in [3.05, 3.63) is 70.0 Å². The van der Waals surface area contributed by atoms with Crippen LogP contribution in [-0.2, 0) is 0 Å². The molecule has 0 spiro atoms. The fraction of sp³-hybridized carbons (Fsp3) is 0.0556. The number of amides is 1. The van der Waals surface area contributed by atoms with E-state index in [1.54, 1.807) is 25.1 Å². The maximum absolute atomic E-state index is 11.9. The molecule has 3 rings (SSSR count). The fourth-order valence-corrected chi connectivity index (χ4v) is 2.50. The molecular weight excluding hydrogens is 412 g/mol. The van der Waals surface area contributed by atoms with E-state index in [1.165, 1.54) is 12.3 Å². The first-order valence-electron chi connectivity index (χ1n) is 7.87. The third-order valence-electron chi connectivity index (χ3n) is 3.41. The Balaban J connectivity index is 1.70. The standard InChI is InChI=1S/C18H15BrN6O2/c1-11-7-16(24-21-11)18(27)25-20-10-12-8-15(5-6-17(12)26)23-22-14-4-2-3-13(19)9-14/h2-10,26H,1H3,(H,21,24)(H,25,27)/b20-10+,23-22?. The minimum atomic E-state index is -0.458. The summed E-state index contributed by atoms with van der Waals surface area (Å²) in [5.74, 6) is -0.453. The highest BCUT2D eigenvalue weighted by molar-refractivity contribution is 9.10. The molecule has 0 saturated heterocycles. The van der Waals surface area contributed by atoms with E-state index in [0.29, 0.717) is 16.9 Å². The van der Waals surface area contributed by atoms with Gasteiger partial charge in [-0.2, -0.15) is 20.4 Å². The molecule has 2 aromatic carbocycles. The summed E-state index contributed by atoms with van der Waals surface area (Å²) in [5, 5.41) is 28.6. The van der Waals surface area contributed by atoms with Crippen molar-refractivity contribution >= 4 is 39.4 Å². The third-order valence-corrected chi connectivity index (χ3v) is 3.90. The summed E-state index contributed by atoms with van der Waals surface area (Å²) in [7, 11) is 0. The van der Waals surface area contributed by atoms with Crippen molar-refractivity contribution in [1.29, 1.82) is 0 Å². The van der Waals surface area contributed by atoms with Crippen molar-refractivity contribution in [2.75, 3.05) is 0 Å². The normalized spacial score (nSPS) is 11.3. The van der Waals surface area contributed by atoms with Crippen LogP contribution in [0.4, 0.5) is 11.4 Å². The Bertz CT molecular complexity index is 1030. The van der Waals surface area contributed by atoms with Gasteiger partial charge in [-0.05, 0) is 49.4 Å². The number of nitrogens with zero attached hydrogens (tertiary/aromatic N) is 4. The minimum Gasteiger partial charge on any atom is -0.507 e. The van der Waals surface area contributed by atoms with E-state index < -0.39 is 5.91 Å². The molecule has 3 N–H and O–H groups in total. The zero-order valence-electron chi connectivity index (χ0n) is 14.2. The van der Waals surface area contributed by atoms with Gasteiger partial charge in [0.25, 0.3) is 5.91 Å². The highest BCUT2D eigenvalue weighted by atomic mass is 79.9. The molecule has 1 amide bonds. The number of aromatic hydroxyl groups is 1. The van der Waals surface area contributed by atoms with Gasteiger partial charge in [0.1, 0.15) is 5.75 Å². The number of hydrogen-bond acceptors (Lipinski definition) is 6. The number of hydrazone groups is 1. The molecule has 27 heavy (non-hydrogen) atoms. The summed E-state index contributed by atoms with van der Waals surface area (Å²) in [5.41, 5.74) is 4.95. The predicted octanol–water partition coefficient (Wildman–Crippen LogP) is 4.37. The minimum absolute atomic E-state index is 0.00465. The molecule has 0 aliphatic carbocycles. The molecule has 0 aliphatic rings. The lowest BCUT2D eigenvalue weighted by atomic mass is 10.2. The fourth-order valence-electron chi connectivity index (χ4n) is 2.11. The Morgan fingerprint density at radius 1 is 1.19 bits per heavy atom. The Morgan fingerprint density at radius 3 is 2.67 bits per heavy atom. The third kappa shape index (κ3) is 5.08. The van der Waals surface area contributed by atoms with Gasteiger partial charge in [-0.15, -0.1) is 0 Å². The van der Waals surface area contributed by atoms with Crippen molar-refractivity contribution in [3.63, 3.8) is 0 Å². The molecule has 1 aromatic heterocycles. The van der Waals surface area contributed by atoms with E-state index in [9.17, 15) is 9.90 Å². The average Bonchev–Trinajstić information content (AvgIpc) is 3.08. The Hall–Kier alpha value is -3.33. The molecule has 0 aliphatic heterocycles. The summed E-state index contributed by atoms with van der Waals surface area (Å²) < 4.78 is 0.903. The highest BCUT2D eigenvalue weighted by Gasteiger charge is 2.07. The van der Waals surface area contributed by atoms with Crippen LogP contribution in [0.15, 0.2) is 68.3 Å². The van der Waals surface area contributed by atoms with Gasteiger partial charge < -0.3 is 5.11 Å². The number of carbonyl (C=O) groups is 1. The van der Waals surface area contributed by atoms with Crippen LogP contribution in [0, 0.1) is 6.92 Å². The van der Waals surface area contributed by atoms with Gasteiger partial charge in [0.2, 0.25) is 0 Å². The molecule has 1 heterocycles. The number of phenols is 1. The van der Waals surface area contributed by atoms with Gasteiger partial charge >= 0.3 is 0 Å². The summed E-state index contributed by atoms with van der Waals surface area (Å²) >= 11 is 3.37. The van der Waals surface area contributed by atoms with E-state index in [-0.39, 0.29) is 11.4 Å². The number of benzene rings is 2. The number of nitrogens with one attached hydrogen (secondary N) is 2. The predicted molar refractivity (Wildman–Crippen MR) is 105 cm³/mol. The van der Waals surface area contributed by atoms with Crippen molar-refractivity contribution in [2.24, 2.45) is 15.3 Å². The first kappa shape index (κ1) is 18.5. The molecule has 9 heteroatoms. The Morgan fingerprint density at radius 2 is 1.96 bits per heavy atom. The number of halogens is 1. The number of phenolic OH excluding ortho intramolecular Hbond substituents is 1. The largest absolute Gasteiger partial charge is 0.507 e. The number of aryl methyl sites for hydroxylation is 1. The van der Waals surface area contributed by atoms with Gasteiger partial charge in [0, 0.05) is 15.7 Å². The lowest BCUT2D eigenvalue weighted by Gasteiger charge is -2.00. The smallest absolute Gasteiger partial charge is 0.291 e. The van der Waals surface area contributed by atoms with Crippen LogP contribution in [0.1, 0.15) is 21.7 Å². The number of azo groups is 1. The second-order valence-corrected chi connectivity index (χ2v) is 6.47. The van der Waals surface area contributed by atoms with Crippen LogP contribution in [0.3, 0.4) is 0 Å². The summed E-state index contributed by atoms with van der Waals surface area (Å²) in [4.78, 5) is 11.9. The monoisotopic (exact) mass is 426 g/mol. The Labute approximate surface area is 163 Å². The summed E-state index contributed by atoms with van der Waals surface area (Å²) in [6.07, 6.45) is 1.32. The van der Waals surface area contributed by atoms with Crippen molar-refractivity contribution < 1.29 is 9.90 Å². The Kier molecular flexibility index (Phi) is 5.72. The van der Waals surface area contributed by atoms with Gasteiger partial charge in [-0.25, -0.2) is 5.43 Å². The molecule has 0 radical (unpaired) electrons. The topological polar surface area (TPSA) is 115 Å². The van der Waals surface area contributed by atoms with Crippen molar-refractivity contribution in [2.45, 2.75) is 6.92 Å². The van der Waals surface area contributed by atoms with Gasteiger partial charge in [0.05, 0.1) is 17.6 Å². The SMILES string of the molecule is Cc1cc(C(=O)N/N=C/c2cc(N=Nc3cccc(Br)c3)ccc2O)n[nH]1. The van der Waals surface area contributed by atoms with E-state index >= 15 is 0 Å². The second kappa shape index (κ2) is 8.37. The van der Waals surface area contributed by atoms with Crippen LogP contribution in [-0.4, -0.2) is 27.4 Å².